The van der Waals surface area contributed by atoms with E-state index in [0.29, 0.717) is 11.7 Å². The summed E-state index contributed by atoms with van der Waals surface area (Å²) in [5, 5.41) is 12.5. The van der Waals surface area contributed by atoms with E-state index in [0.717, 1.165) is 43.0 Å². The van der Waals surface area contributed by atoms with E-state index >= 15 is 0 Å². The molecule has 0 saturated carbocycles. The fraction of sp³-hybridized carbons (Fsp3) is 0.333. The summed E-state index contributed by atoms with van der Waals surface area (Å²) in [5.74, 6) is 0.878. The Morgan fingerprint density at radius 2 is 2.12 bits per heavy atom. The van der Waals surface area contributed by atoms with Gasteiger partial charge in [-0.3, -0.25) is 4.79 Å². The molecule has 0 bridgehead atoms. The lowest BCUT2D eigenvalue weighted by molar-refractivity contribution is 0.439. The second-order valence-corrected chi connectivity index (χ2v) is 6.57. The van der Waals surface area contributed by atoms with E-state index in [9.17, 15) is 4.79 Å². The number of rotatable bonds is 2. The Morgan fingerprint density at radius 1 is 1.24 bits per heavy atom. The molecule has 1 saturated heterocycles. The zero-order valence-electron chi connectivity index (χ0n) is 13.7. The molecule has 1 atom stereocenters. The summed E-state index contributed by atoms with van der Waals surface area (Å²) in [4.78, 5) is 16.6. The fourth-order valence-electron chi connectivity index (χ4n) is 3.91. The molecule has 0 radical (unpaired) electrons. The minimum atomic E-state index is -0.189. The van der Waals surface area contributed by atoms with Gasteiger partial charge in [0.1, 0.15) is 11.7 Å². The molecule has 0 amide bonds. The number of allylic oxidation sites excluding steroid dienone is 4. The van der Waals surface area contributed by atoms with Gasteiger partial charge in [0.05, 0.1) is 17.1 Å². The monoisotopic (exact) mass is 334 g/mol. The predicted octanol–water partition coefficient (Wildman–Crippen LogP) is 1.32. The minimum Gasteiger partial charge on any atom is -0.317 e. The molecule has 7 nitrogen and oxygen atoms in total. The highest BCUT2D eigenvalue weighted by atomic mass is 16.1. The van der Waals surface area contributed by atoms with Gasteiger partial charge < -0.3 is 5.32 Å². The third-order valence-corrected chi connectivity index (χ3v) is 5.08. The molecule has 1 fully saturated rings. The Hall–Kier alpha value is -2.80. The Bertz CT molecular complexity index is 960. The van der Waals surface area contributed by atoms with Crippen molar-refractivity contribution in [3.05, 3.63) is 64.6 Å². The smallest absolute Gasteiger partial charge is 0.273 e. The van der Waals surface area contributed by atoms with Crippen molar-refractivity contribution < 1.29 is 0 Å². The number of piperidine rings is 1. The van der Waals surface area contributed by atoms with Crippen LogP contribution in [0.1, 0.15) is 36.2 Å². The van der Waals surface area contributed by atoms with Crippen LogP contribution in [0.5, 0.6) is 0 Å². The Morgan fingerprint density at radius 3 is 2.92 bits per heavy atom. The summed E-state index contributed by atoms with van der Waals surface area (Å²) in [6, 6.07) is 3.54. The van der Waals surface area contributed by atoms with E-state index in [1.54, 1.807) is 12.3 Å². The normalized spacial score (nSPS) is 22.3. The highest BCUT2D eigenvalue weighted by molar-refractivity contribution is 6.09. The van der Waals surface area contributed by atoms with Crippen LogP contribution in [0.2, 0.25) is 0 Å². The zero-order chi connectivity index (χ0) is 16.8. The molecule has 1 aliphatic carbocycles. The van der Waals surface area contributed by atoms with Crippen LogP contribution in [0.4, 0.5) is 0 Å². The van der Waals surface area contributed by atoms with Gasteiger partial charge in [0, 0.05) is 24.4 Å². The lowest BCUT2D eigenvalue weighted by Gasteiger charge is -2.24. The van der Waals surface area contributed by atoms with Gasteiger partial charge in [-0.15, -0.1) is 0 Å². The molecule has 0 spiro atoms. The predicted molar refractivity (Wildman–Crippen MR) is 94.6 cm³/mol. The molecule has 5 rings (SSSR count). The van der Waals surface area contributed by atoms with Gasteiger partial charge in [-0.25, -0.2) is 9.36 Å². The molecule has 7 heteroatoms. The quantitative estimate of drug-likeness (QED) is 0.898. The molecular formula is C18H18N6O. The summed E-state index contributed by atoms with van der Waals surface area (Å²) >= 11 is 0. The molecule has 1 N–H and O–H groups in total. The molecule has 25 heavy (non-hydrogen) atoms. The Labute approximate surface area is 144 Å². The van der Waals surface area contributed by atoms with Crippen molar-refractivity contribution in [2.75, 3.05) is 13.1 Å². The first-order chi connectivity index (χ1) is 12.3. The van der Waals surface area contributed by atoms with Crippen molar-refractivity contribution in [1.29, 1.82) is 0 Å². The zero-order valence-corrected chi connectivity index (χ0v) is 13.7. The first kappa shape index (κ1) is 14.5. The van der Waals surface area contributed by atoms with Crippen molar-refractivity contribution in [2.45, 2.75) is 24.7 Å². The summed E-state index contributed by atoms with van der Waals surface area (Å²) in [6.07, 6.45) is 11.6. The Kier molecular flexibility index (Phi) is 3.27. The molecule has 2 aromatic heterocycles. The molecule has 0 aromatic carbocycles. The van der Waals surface area contributed by atoms with Crippen LogP contribution in [0, 0.1) is 0 Å². The number of aromatic nitrogens is 4. The van der Waals surface area contributed by atoms with E-state index in [4.69, 9.17) is 5.10 Å². The fourth-order valence-corrected chi connectivity index (χ4v) is 3.91. The van der Waals surface area contributed by atoms with Crippen LogP contribution in [0.25, 0.3) is 5.70 Å². The molecule has 2 aromatic rings. The van der Waals surface area contributed by atoms with E-state index in [-0.39, 0.29) is 11.5 Å². The first-order valence-electron chi connectivity index (χ1n) is 8.63. The van der Waals surface area contributed by atoms with Crippen molar-refractivity contribution in [2.24, 2.45) is 5.10 Å². The third-order valence-electron chi connectivity index (χ3n) is 5.08. The average molecular weight is 334 g/mol. The standard InChI is InChI=1S/C18H18N6O/c25-16-11-15(12-5-8-19-9-6-12)24-18(21-16)17-13(22-24)3-1-4-14(17)23-10-2-7-20-23/h1-4,7,10-12,17,19H,5-6,8-9H2. The Balaban J connectivity index is 1.65. The highest BCUT2D eigenvalue weighted by Gasteiger charge is 2.36. The van der Waals surface area contributed by atoms with Crippen LogP contribution >= 0.6 is 0 Å². The van der Waals surface area contributed by atoms with Gasteiger partial charge in [0.15, 0.2) is 0 Å². The summed E-state index contributed by atoms with van der Waals surface area (Å²) in [6.45, 7) is 1.93. The maximum atomic E-state index is 12.3. The second-order valence-electron chi connectivity index (χ2n) is 6.57. The van der Waals surface area contributed by atoms with E-state index in [2.05, 4.69) is 15.4 Å². The van der Waals surface area contributed by atoms with Crippen LogP contribution in [-0.4, -0.2) is 38.2 Å². The number of nitrogens with one attached hydrogen (secondary N) is 1. The van der Waals surface area contributed by atoms with Crippen LogP contribution in [-0.2, 0) is 0 Å². The van der Waals surface area contributed by atoms with Gasteiger partial charge in [-0.2, -0.15) is 15.2 Å². The number of hydrogen-bond donors (Lipinski definition) is 1. The van der Waals surface area contributed by atoms with E-state index in [1.165, 1.54) is 0 Å². The number of nitrogens with zero attached hydrogens (tertiary/aromatic N) is 5. The van der Waals surface area contributed by atoms with Crippen LogP contribution < -0.4 is 10.9 Å². The minimum absolute atomic E-state index is 0.153. The van der Waals surface area contributed by atoms with E-state index in [1.807, 2.05) is 39.8 Å². The third kappa shape index (κ3) is 2.31. The summed E-state index contributed by atoms with van der Waals surface area (Å²) in [7, 11) is 0. The topological polar surface area (TPSA) is 77.1 Å². The van der Waals surface area contributed by atoms with Gasteiger partial charge >= 0.3 is 0 Å². The largest absolute Gasteiger partial charge is 0.317 e. The molecule has 126 valence electrons. The summed E-state index contributed by atoms with van der Waals surface area (Å²) in [5.41, 5.74) is 2.66. The maximum absolute atomic E-state index is 12.3. The van der Waals surface area contributed by atoms with Gasteiger partial charge in [-0.1, -0.05) is 6.08 Å². The molecule has 2 aliphatic heterocycles. The molecule has 1 unspecified atom stereocenters. The highest BCUT2D eigenvalue weighted by Crippen LogP contribution is 2.37. The second kappa shape index (κ2) is 5.63. The maximum Gasteiger partial charge on any atom is 0.273 e. The lowest BCUT2D eigenvalue weighted by atomic mass is 9.92. The SMILES string of the molecule is O=c1cc(C2CCNCC2)n2c(n1)C1C(n3cccn3)=CC=CC1=N2. The number of hydrogen-bond acceptors (Lipinski definition) is 5. The molecule has 4 heterocycles. The van der Waals surface area contributed by atoms with Crippen molar-refractivity contribution >= 4 is 11.4 Å². The van der Waals surface area contributed by atoms with Crippen molar-refractivity contribution in [3.8, 4) is 0 Å². The molecular weight excluding hydrogens is 316 g/mol. The van der Waals surface area contributed by atoms with Crippen LogP contribution in [0.15, 0.2) is 52.7 Å². The van der Waals surface area contributed by atoms with Gasteiger partial charge in [-0.05, 0) is 44.1 Å². The first-order valence-corrected chi connectivity index (χ1v) is 8.63. The van der Waals surface area contributed by atoms with E-state index < -0.39 is 0 Å². The van der Waals surface area contributed by atoms with Crippen LogP contribution in [0.3, 0.4) is 0 Å². The molecule has 3 aliphatic rings. The van der Waals surface area contributed by atoms with Gasteiger partial charge in [0.2, 0.25) is 0 Å². The average Bonchev–Trinajstić information content (AvgIpc) is 3.29. The van der Waals surface area contributed by atoms with Crippen molar-refractivity contribution in [1.82, 2.24) is 24.8 Å². The lowest BCUT2D eigenvalue weighted by Crippen LogP contribution is -2.29. The number of fused-ring (bicyclic) bond motifs is 3. The van der Waals surface area contributed by atoms with Gasteiger partial charge in [0.25, 0.3) is 5.56 Å². The summed E-state index contributed by atoms with van der Waals surface area (Å²) < 4.78 is 3.72. The van der Waals surface area contributed by atoms with Crippen molar-refractivity contribution in [3.63, 3.8) is 0 Å².